The summed E-state index contributed by atoms with van der Waals surface area (Å²) < 4.78 is 5.52. The van der Waals surface area contributed by atoms with Crippen LogP contribution in [0.5, 0.6) is 10.9 Å². The molecule has 0 aliphatic rings. The highest BCUT2D eigenvalue weighted by Gasteiger charge is 2.10. The number of nitrogens with zero attached hydrogens (tertiary/aromatic N) is 2. The predicted octanol–water partition coefficient (Wildman–Crippen LogP) is 3.36. The third-order valence-electron chi connectivity index (χ3n) is 1.89. The van der Waals surface area contributed by atoms with Gasteiger partial charge in [0.25, 0.3) is 5.19 Å². The van der Waals surface area contributed by atoms with E-state index in [2.05, 4.69) is 15.5 Å². The normalized spacial score (nSPS) is 10.5. The van der Waals surface area contributed by atoms with Gasteiger partial charge in [-0.05, 0) is 19.2 Å². The highest BCUT2D eigenvalue weighted by atomic mass is 35.5. The summed E-state index contributed by atoms with van der Waals surface area (Å²) in [5.74, 6) is 0.478. The van der Waals surface area contributed by atoms with Crippen LogP contribution in [0.25, 0.3) is 0 Å². The topological polar surface area (TPSA) is 47.0 Å². The molecule has 1 heterocycles. The monoisotopic (exact) mass is 289 g/mol. The van der Waals surface area contributed by atoms with Crippen LogP contribution in [-0.4, -0.2) is 17.2 Å². The van der Waals surface area contributed by atoms with Gasteiger partial charge in [-0.25, -0.2) is 0 Å². The molecule has 0 fully saturated rings. The number of benzene rings is 1. The van der Waals surface area contributed by atoms with Crippen LogP contribution >= 0.6 is 34.5 Å². The van der Waals surface area contributed by atoms with Crippen molar-refractivity contribution < 1.29 is 4.74 Å². The Balaban J connectivity index is 2.16. The quantitative estimate of drug-likeness (QED) is 0.938. The van der Waals surface area contributed by atoms with Crippen molar-refractivity contribution in [3.05, 3.63) is 33.3 Å². The van der Waals surface area contributed by atoms with Crippen molar-refractivity contribution in [3.8, 4) is 10.9 Å². The van der Waals surface area contributed by atoms with Crippen molar-refractivity contribution in [1.82, 2.24) is 15.5 Å². The van der Waals surface area contributed by atoms with Crippen molar-refractivity contribution in [2.45, 2.75) is 6.54 Å². The third kappa shape index (κ3) is 3.07. The molecule has 1 N–H and O–H groups in total. The second-order valence-electron chi connectivity index (χ2n) is 3.15. The first-order chi connectivity index (χ1) is 8.20. The Labute approximate surface area is 113 Å². The fourth-order valence-corrected chi connectivity index (χ4v) is 2.20. The Morgan fingerprint density at radius 3 is 2.94 bits per heavy atom. The zero-order valence-electron chi connectivity index (χ0n) is 8.91. The molecule has 2 rings (SSSR count). The second kappa shape index (κ2) is 5.64. The van der Waals surface area contributed by atoms with Crippen LogP contribution in [0.15, 0.2) is 18.2 Å². The summed E-state index contributed by atoms with van der Waals surface area (Å²) in [7, 11) is 1.84. The first-order valence-corrected chi connectivity index (χ1v) is 6.37. The van der Waals surface area contributed by atoms with Gasteiger partial charge in [-0.2, -0.15) is 0 Å². The summed E-state index contributed by atoms with van der Waals surface area (Å²) in [4.78, 5) is 0. The van der Waals surface area contributed by atoms with Crippen molar-refractivity contribution in [2.75, 3.05) is 7.05 Å². The van der Waals surface area contributed by atoms with Crippen molar-refractivity contribution >= 4 is 34.5 Å². The molecule has 0 saturated carbocycles. The summed E-state index contributed by atoms with van der Waals surface area (Å²) >= 11 is 13.2. The van der Waals surface area contributed by atoms with Crippen LogP contribution in [-0.2, 0) is 6.54 Å². The molecule has 2 aromatic rings. The lowest BCUT2D eigenvalue weighted by atomic mass is 10.3. The molecule has 0 atom stereocenters. The Morgan fingerprint density at radius 2 is 2.18 bits per heavy atom. The summed E-state index contributed by atoms with van der Waals surface area (Å²) in [5, 5.41) is 13.0. The van der Waals surface area contributed by atoms with Gasteiger partial charge in [0.15, 0.2) is 5.75 Å². The van der Waals surface area contributed by atoms with Crippen molar-refractivity contribution in [2.24, 2.45) is 0 Å². The molecule has 7 heteroatoms. The van der Waals surface area contributed by atoms with Gasteiger partial charge in [-0.3, -0.25) is 0 Å². The van der Waals surface area contributed by atoms with Crippen LogP contribution in [0.1, 0.15) is 5.01 Å². The predicted molar refractivity (Wildman–Crippen MR) is 69.2 cm³/mol. The van der Waals surface area contributed by atoms with E-state index in [1.807, 2.05) is 7.05 Å². The average molecular weight is 290 g/mol. The Kier molecular flexibility index (Phi) is 4.17. The fourth-order valence-electron chi connectivity index (χ4n) is 1.16. The number of hydrogen-bond donors (Lipinski definition) is 1. The van der Waals surface area contributed by atoms with Gasteiger partial charge < -0.3 is 10.1 Å². The number of hydrogen-bond acceptors (Lipinski definition) is 5. The van der Waals surface area contributed by atoms with E-state index in [4.69, 9.17) is 27.9 Å². The van der Waals surface area contributed by atoms with Gasteiger partial charge in [0.1, 0.15) is 10.0 Å². The lowest BCUT2D eigenvalue weighted by Crippen LogP contribution is -2.04. The zero-order chi connectivity index (χ0) is 12.3. The molecule has 17 heavy (non-hydrogen) atoms. The van der Waals surface area contributed by atoms with E-state index in [1.165, 1.54) is 11.3 Å². The van der Waals surface area contributed by atoms with Crippen LogP contribution < -0.4 is 10.1 Å². The van der Waals surface area contributed by atoms with Gasteiger partial charge in [0, 0.05) is 6.54 Å². The molecular formula is C10H9Cl2N3OS. The van der Waals surface area contributed by atoms with Gasteiger partial charge in [0.05, 0.1) is 5.02 Å². The van der Waals surface area contributed by atoms with Crippen LogP contribution in [0, 0.1) is 0 Å². The molecule has 0 aliphatic heterocycles. The van der Waals surface area contributed by atoms with Crippen molar-refractivity contribution in [1.29, 1.82) is 0 Å². The Bertz CT molecular complexity index is 518. The highest BCUT2D eigenvalue weighted by molar-refractivity contribution is 7.13. The minimum Gasteiger partial charge on any atom is -0.428 e. The second-order valence-corrected chi connectivity index (χ2v) is 4.96. The summed E-state index contributed by atoms with van der Waals surface area (Å²) in [6.07, 6.45) is 0. The molecule has 1 aromatic heterocycles. The number of halogens is 2. The standard InChI is InChI=1S/C10H9Cl2N3OS/c1-13-5-8-14-15-10(17-8)16-7-4-2-3-6(11)9(7)12/h2-4,13H,5H2,1H3. The molecule has 0 aliphatic carbocycles. The minimum absolute atomic E-state index is 0.375. The average Bonchev–Trinajstić information content (AvgIpc) is 2.73. The maximum Gasteiger partial charge on any atom is 0.299 e. The van der Waals surface area contributed by atoms with Gasteiger partial charge >= 0.3 is 0 Å². The van der Waals surface area contributed by atoms with Crippen LogP contribution in [0.4, 0.5) is 0 Å². The zero-order valence-corrected chi connectivity index (χ0v) is 11.2. The first-order valence-electron chi connectivity index (χ1n) is 4.79. The SMILES string of the molecule is CNCc1nnc(Oc2cccc(Cl)c2Cl)s1. The van der Waals surface area contributed by atoms with E-state index < -0.39 is 0 Å². The van der Waals surface area contributed by atoms with E-state index in [0.29, 0.717) is 27.5 Å². The van der Waals surface area contributed by atoms with Gasteiger partial charge in [-0.15, -0.1) is 5.10 Å². The molecule has 90 valence electrons. The smallest absolute Gasteiger partial charge is 0.299 e. The van der Waals surface area contributed by atoms with Crippen LogP contribution in [0.2, 0.25) is 10.0 Å². The molecule has 0 bridgehead atoms. The molecule has 0 unspecified atom stereocenters. The molecule has 1 aromatic carbocycles. The number of nitrogens with one attached hydrogen (secondary N) is 1. The Hall–Kier alpha value is -0.880. The minimum atomic E-state index is 0.375. The van der Waals surface area contributed by atoms with E-state index in [1.54, 1.807) is 18.2 Å². The van der Waals surface area contributed by atoms with E-state index >= 15 is 0 Å². The molecule has 0 spiro atoms. The van der Waals surface area contributed by atoms with Crippen LogP contribution in [0.3, 0.4) is 0 Å². The highest BCUT2D eigenvalue weighted by Crippen LogP contribution is 2.35. The number of rotatable bonds is 4. The number of ether oxygens (including phenoxy) is 1. The van der Waals surface area contributed by atoms with E-state index in [-0.39, 0.29) is 0 Å². The molecule has 0 saturated heterocycles. The lowest BCUT2D eigenvalue weighted by Gasteiger charge is -2.04. The molecule has 0 radical (unpaired) electrons. The largest absolute Gasteiger partial charge is 0.428 e. The molecular weight excluding hydrogens is 281 g/mol. The summed E-state index contributed by atoms with van der Waals surface area (Å²) in [6.45, 7) is 0.657. The van der Waals surface area contributed by atoms with Crippen molar-refractivity contribution in [3.63, 3.8) is 0 Å². The maximum atomic E-state index is 6.00. The van der Waals surface area contributed by atoms with Gasteiger partial charge in [-0.1, -0.05) is 45.7 Å². The Morgan fingerprint density at radius 1 is 1.35 bits per heavy atom. The third-order valence-corrected chi connectivity index (χ3v) is 3.49. The maximum absolute atomic E-state index is 6.00. The summed E-state index contributed by atoms with van der Waals surface area (Å²) in [6, 6.07) is 5.19. The van der Waals surface area contributed by atoms with E-state index in [0.717, 1.165) is 5.01 Å². The first kappa shape index (κ1) is 12.6. The van der Waals surface area contributed by atoms with Gasteiger partial charge in [0.2, 0.25) is 0 Å². The van der Waals surface area contributed by atoms with E-state index in [9.17, 15) is 0 Å². The molecule has 4 nitrogen and oxygen atoms in total. The fraction of sp³-hybridized carbons (Fsp3) is 0.200. The molecule has 0 amide bonds. The summed E-state index contributed by atoms with van der Waals surface area (Å²) in [5.41, 5.74) is 0. The number of aromatic nitrogens is 2. The lowest BCUT2D eigenvalue weighted by molar-refractivity contribution is 0.473.